The number of thioether (sulfide) groups is 2. The number of rotatable bonds is 9. The van der Waals surface area contributed by atoms with E-state index in [0.29, 0.717) is 13.0 Å². The molecule has 6 heteroatoms. The van der Waals surface area contributed by atoms with E-state index >= 15 is 0 Å². The third-order valence-corrected chi connectivity index (χ3v) is 15.1. The van der Waals surface area contributed by atoms with Crippen LogP contribution in [0.1, 0.15) is 27.2 Å². The molecule has 1 aliphatic rings. The number of aliphatic hydroxyl groups excluding tert-OH is 1. The maximum atomic E-state index is 11.4. The molecule has 0 radical (unpaired) electrons. The van der Waals surface area contributed by atoms with E-state index in [2.05, 4.69) is 106 Å². The average Bonchev–Trinajstić information content (AvgIpc) is 3.24. The van der Waals surface area contributed by atoms with Crippen molar-refractivity contribution in [2.45, 2.75) is 58.5 Å². The normalized spacial score (nSPS) is 19.2. The van der Waals surface area contributed by atoms with Crippen molar-refractivity contribution in [2.75, 3.05) is 6.61 Å². The van der Waals surface area contributed by atoms with Gasteiger partial charge >= 0.3 is 0 Å². The molecule has 0 spiro atoms. The lowest BCUT2D eigenvalue weighted by molar-refractivity contribution is -0.100. The van der Waals surface area contributed by atoms with Gasteiger partial charge in [0.05, 0.1) is 12.7 Å². The van der Waals surface area contributed by atoms with E-state index in [1.165, 1.54) is 10.4 Å². The van der Waals surface area contributed by atoms with E-state index in [4.69, 9.17) is 9.16 Å². The van der Waals surface area contributed by atoms with Crippen LogP contribution in [0.2, 0.25) is 5.04 Å². The SMILES string of the molecule is CC(C)(C)[Si](OC[C@@H]1CC(Sc2ccccc2)(Sc2ccccc2)C(O)O1)(c1ccccc1)c1ccccc1. The third kappa shape index (κ3) is 6.07. The van der Waals surface area contributed by atoms with Gasteiger partial charge in [0.15, 0.2) is 6.29 Å². The van der Waals surface area contributed by atoms with E-state index in [9.17, 15) is 5.11 Å². The van der Waals surface area contributed by atoms with E-state index in [1.54, 1.807) is 23.5 Å². The predicted molar refractivity (Wildman–Crippen MR) is 166 cm³/mol. The van der Waals surface area contributed by atoms with Gasteiger partial charge < -0.3 is 14.3 Å². The number of ether oxygens (including phenoxy) is 1. The number of aliphatic hydroxyl groups is 1. The predicted octanol–water partition coefficient (Wildman–Crippen LogP) is 6.95. The molecule has 1 fully saturated rings. The Morgan fingerprint density at radius 3 is 1.56 bits per heavy atom. The molecular weight excluding hydrogens is 537 g/mol. The van der Waals surface area contributed by atoms with Crippen LogP contribution in [0.25, 0.3) is 0 Å². The molecule has 0 amide bonds. The lowest BCUT2D eigenvalue weighted by Crippen LogP contribution is -2.67. The summed E-state index contributed by atoms with van der Waals surface area (Å²) in [4.78, 5) is 2.22. The molecule has 0 aliphatic carbocycles. The van der Waals surface area contributed by atoms with Crippen molar-refractivity contribution in [1.29, 1.82) is 0 Å². The van der Waals surface area contributed by atoms with E-state index in [0.717, 1.165) is 9.79 Å². The van der Waals surface area contributed by atoms with Gasteiger partial charge in [-0.25, -0.2) is 0 Å². The highest BCUT2D eigenvalue weighted by Crippen LogP contribution is 2.55. The van der Waals surface area contributed by atoms with E-state index in [1.807, 2.05) is 36.4 Å². The van der Waals surface area contributed by atoms with Crippen LogP contribution in [-0.4, -0.2) is 36.5 Å². The Labute approximate surface area is 242 Å². The molecule has 5 rings (SSSR count). The quantitative estimate of drug-likeness (QED) is 0.174. The van der Waals surface area contributed by atoms with Crippen LogP contribution in [0.5, 0.6) is 0 Å². The Morgan fingerprint density at radius 1 is 0.744 bits per heavy atom. The van der Waals surface area contributed by atoms with Crippen molar-refractivity contribution < 1.29 is 14.3 Å². The fourth-order valence-corrected chi connectivity index (χ4v) is 13.0. The molecule has 1 unspecified atom stereocenters. The molecule has 1 heterocycles. The van der Waals surface area contributed by atoms with Crippen molar-refractivity contribution >= 4 is 42.2 Å². The number of benzene rings is 4. The molecule has 1 aliphatic heterocycles. The van der Waals surface area contributed by atoms with Crippen LogP contribution >= 0.6 is 23.5 Å². The number of hydrogen-bond donors (Lipinski definition) is 1. The van der Waals surface area contributed by atoms with Crippen LogP contribution in [-0.2, 0) is 9.16 Å². The molecular formula is C33H36O3S2Si. The molecule has 0 saturated carbocycles. The molecule has 39 heavy (non-hydrogen) atoms. The lowest BCUT2D eigenvalue weighted by atomic mass is 10.2. The van der Waals surface area contributed by atoms with Gasteiger partial charge in [-0.15, -0.1) is 23.5 Å². The van der Waals surface area contributed by atoms with Gasteiger partial charge in [0.25, 0.3) is 8.32 Å². The van der Waals surface area contributed by atoms with Crippen molar-refractivity contribution in [3.05, 3.63) is 121 Å². The van der Waals surface area contributed by atoms with E-state index in [-0.39, 0.29) is 11.1 Å². The highest BCUT2D eigenvalue weighted by Gasteiger charge is 2.53. The van der Waals surface area contributed by atoms with Gasteiger partial charge in [-0.2, -0.15) is 0 Å². The van der Waals surface area contributed by atoms with Gasteiger partial charge in [-0.3, -0.25) is 0 Å². The molecule has 4 aromatic carbocycles. The summed E-state index contributed by atoms with van der Waals surface area (Å²) >= 11 is 3.36. The summed E-state index contributed by atoms with van der Waals surface area (Å²) in [6, 6.07) is 41.9. The zero-order valence-corrected chi connectivity index (χ0v) is 25.3. The maximum Gasteiger partial charge on any atom is 0.261 e. The zero-order valence-electron chi connectivity index (χ0n) is 22.7. The lowest BCUT2D eigenvalue weighted by Gasteiger charge is -2.43. The zero-order chi connectivity index (χ0) is 27.3. The van der Waals surface area contributed by atoms with Gasteiger partial charge in [0.1, 0.15) is 4.08 Å². The van der Waals surface area contributed by atoms with Gasteiger partial charge in [0, 0.05) is 16.2 Å². The Bertz CT molecular complexity index is 1230. The number of hydrogen-bond acceptors (Lipinski definition) is 5. The molecule has 3 nitrogen and oxygen atoms in total. The first-order valence-electron chi connectivity index (χ1n) is 13.4. The molecule has 4 aromatic rings. The second kappa shape index (κ2) is 12.0. The summed E-state index contributed by atoms with van der Waals surface area (Å²) in [6.07, 6.45) is -0.527. The first-order chi connectivity index (χ1) is 18.8. The molecule has 1 saturated heterocycles. The topological polar surface area (TPSA) is 38.7 Å². The van der Waals surface area contributed by atoms with Gasteiger partial charge in [-0.05, 0) is 39.7 Å². The highest BCUT2D eigenvalue weighted by atomic mass is 32.2. The van der Waals surface area contributed by atoms with Crippen LogP contribution in [0.3, 0.4) is 0 Å². The monoisotopic (exact) mass is 572 g/mol. The molecule has 2 atom stereocenters. The summed E-state index contributed by atoms with van der Waals surface area (Å²) in [6.45, 7) is 7.26. The van der Waals surface area contributed by atoms with Crippen LogP contribution in [0.4, 0.5) is 0 Å². The van der Waals surface area contributed by atoms with Crippen LogP contribution < -0.4 is 10.4 Å². The minimum atomic E-state index is -2.71. The second-order valence-corrected chi connectivity index (χ2v) is 18.3. The average molecular weight is 573 g/mol. The Kier molecular flexibility index (Phi) is 8.71. The first-order valence-corrected chi connectivity index (χ1v) is 16.9. The second-order valence-electron chi connectivity index (χ2n) is 10.9. The summed E-state index contributed by atoms with van der Waals surface area (Å²) in [7, 11) is -2.71. The van der Waals surface area contributed by atoms with Crippen LogP contribution in [0, 0.1) is 0 Å². The summed E-state index contributed by atoms with van der Waals surface area (Å²) in [5.74, 6) is 0. The Morgan fingerprint density at radius 2 is 1.15 bits per heavy atom. The summed E-state index contributed by atoms with van der Waals surface area (Å²) in [5, 5.41) is 13.8. The smallest absolute Gasteiger partial charge is 0.261 e. The fourth-order valence-electron chi connectivity index (χ4n) is 5.41. The largest absolute Gasteiger partial charge is 0.405 e. The Balaban J connectivity index is 1.46. The van der Waals surface area contributed by atoms with Crippen molar-refractivity contribution in [3.8, 4) is 0 Å². The van der Waals surface area contributed by atoms with E-state index < -0.39 is 18.7 Å². The molecule has 1 N–H and O–H groups in total. The third-order valence-electron chi connectivity index (χ3n) is 7.18. The van der Waals surface area contributed by atoms with Gasteiger partial charge in [-0.1, -0.05) is 118 Å². The first kappa shape index (κ1) is 28.2. The van der Waals surface area contributed by atoms with Crippen LogP contribution in [0.15, 0.2) is 131 Å². The van der Waals surface area contributed by atoms with Crippen molar-refractivity contribution in [2.24, 2.45) is 0 Å². The van der Waals surface area contributed by atoms with Crippen molar-refractivity contribution in [1.82, 2.24) is 0 Å². The Hall–Kier alpha value is -2.32. The minimum absolute atomic E-state index is 0.123. The summed E-state index contributed by atoms with van der Waals surface area (Å²) < 4.78 is 12.9. The minimum Gasteiger partial charge on any atom is -0.405 e. The highest BCUT2D eigenvalue weighted by molar-refractivity contribution is 8.18. The molecule has 0 bridgehead atoms. The summed E-state index contributed by atoms with van der Waals surface area (Å²) in [5.41, 5.74) is 0. The fraction of sp³-hybridized carbons (Fsp3) is 0.273. The standard InChI is InChI=1S/C33H36O3S2Si/c1-32(2,3)39(29-20-12-6-13-21-29,30-22-14-7-15-23-30)35-25-26-24-33(31(34)36-26,37-27-16-8-4-9-17-27)38-28-18-10-5-11-19-28/h4-23,26,31,34H,24-25H2,1-3H3/t26-,31?/m0/s1. The molecule has 202 valence electrons. The molecule has 0 aromatic heterocycles. The van der Waals surface area contributed by atoms with Gasteiger partial charge in [0.2, 0.25) is 0 Å². The van der Waals surface area contributed by atoms with Crippen molar-refractivity contribution in [3.63, 3.8) is 0 Å². The maximum absolute atomic E-state index is 11.4.